The van der Waals surface area contributed by atoms with Crippen molar-refractivity contribution in [1.29, 1.82) is 0 Å². The van der Waals surface area contributed by atoms with Crippen molar-refractivity contribution in [2.75, 3.05) is 19.8 Å². The number of rotatable bonds is 15. The van der Waals surface area contributed by atoms with Crippen molar-refractivity contribution < 1.29 is 28.6 Å². The monoisotopic (exact) mass is 691 g/mol. The quantitative estimate of drug-likeness (QED) is 0.0966. The topological polar surface area (TPSA) is 78.9 Å². The second-order valence-electron chi connectivity index (χ2n) is 18.0. The summed E-state index contributed by atoms with van der Waals surface area (Å²) in [6, 6.07) is 0. The van der Waals surface area contributed by atoms with Crippen LogP contribution in [0.15, 0.2) is 0 Å². The molecule has 6 heteroatoms. The van der Waals surface area contributed by atoms with E-state index in [1.165, 1.54) is 96.3 Å². The minimum Gasteiger partial charge on any atom is -0.465 e. The van der Waals surface area contributed by atoms with Crippen molar-refractivity contribution in [2.45, 2.75) is 191 Å². The zero-order valence-corrected chi connectivity index (χ0v) is 33.6. The zero-order chi connectivity index (χ0) is 36.5. The molecule has 4 aliphatic carbocycles. The summed E-state index contributed by atoms with van der Waals surface area (Å²) in [6.45, 7) is 19.8. The summed E-state index contributed by atoms with van der Waals surface area (Å²) in [5.74, 6) is 4.05. The van der Waals surface area contributed by atoms with Crippen LogP contribution in [0.1, 0.15) is 191 Å². The lowest BCUT2D eigenvalue weighted by Crippen LogP contribution is -2.28. The van der Waals surface area contributed by atoms with E-state index in [1.807, 2.05) is 62.3 Å². The third kappa shape index (κ3) is 15.7. The molecule has 0 spiro atoms. The minimum absolute atomic E-state index is 0.0160. The highest BCUT2D eigenvalue weighted by molar-refractivity contribution is 5.76. The SMILES string of the molecule is CCC(C)(C)C(=O)OCC1CC2CCC1C2.CCC(C)(C)C(=O)OCCC1CCCCC1.CCC(C)(C)C(=O)OCCCC1CCCCC1. The fourth-order valence-corrected chi connectivity index (χ4v) is 7.59. The Labute approximate surface area is 302 Å². The molecule has 3 unspecified atom stereocenters. The van der Waals surface area contributed by atoms with Gasteiger partial charge in [-0.3, -0.25) is 14.4 Å². The highest BCUT2D eigenvalue weighted by Gasteiger charge is 2.40. The molecule has 4 rings (SSSR count). The maximum Gasteiger partial charge on any atom is 0.311 e. The van der Waals surface area contributed by atoms with Gasteiger partial charge in [-0.2, -0.15) is 0 Å². The van der Waals surface area contributed by atoms with E-state index in [0.29, 0.717) is 25.7 Å². The van der Waals surface area contributed by atoms with E-state index in [9.17, 15) is 14.4 Å². The van der Waals surface area contributed by atoms with E-state index in [0.717, 1.165) is 55.8 Å². The maximum absolute atomic E-state index is 11.8. The summed E-state index contributed by atoms with van der Waals surface area (Å²) in [6.07, 6.45) is 25.1. The van der Waals surface area contributed by atoms with Crippen LogP contribution < -0.4 is 0 Å². The highest BCUT2D eigenvalue weighted by Crippen LogP contribution is 2.48. The second-order valence-corrected chi connectivity index (χ2v) is 18.0. The predicted octanol–water partition coefficient (Wildman–Crippen LogP) is 11.7. The van der Waals surface area contributed by atoms with Gasteiger partial charge in [-0.15, -0.1) is 0 Å². The van der Waals surface area contributed by atoms with Crippen molar-refractivity contribution in [3.05, 3.63) is 0 Å². The number of hydrogen-bond acceptors (Lipinski definition) is 6. The molecule has 2 bridgehead atoms. The first-order chi connectivity index (χ1) is 23.1. The lowest BCUT2D eigenvalue weighted by Gasteiger charge is -2.25. The summed E-state index contributed by atoms with van der Waals surface area (Å²) in [5, 5.41) is 0. The molecule has 0 saturated heterocycles. The number of fused-ring (bicyclic) bond motifs is 2. The van der Waals surface area contributed by atoms with Gasteiger partial charge in [0.05, 0.1) is 36.1 Å². The summed E-state index contributed by atoms with van der Waals surface area (Å²) in [4.78, 5) is 35.3. The van der Waals surface area contributed by atoms with Crippen LogP contribution >= 0.6 is 0 Å². The number of hydrogen-bond donors (Lipinski definition) is 0. The van der Waals surface area contributed by atoms with Crippen LogP contribution in [0, 0.1) is 45.8 Å². The average Bonchev–Trinajstić information content (AvgIpc) is 3.74. The lowest BCUT2D eigenvalue weighted by molar-refractivity contribution is -0.156. The molecule has 0 aliphatic heterocycles. The van der Waals surface area contributed by atoms with Gasteiger partial charge in [0.2, 0.25) is 0 Å². The van der Waals surface area contributed by atoms with E-state index in [4.69, 9.17) is 14.2 Å². The summed E-state index contributed by atoms with van der Waals surface area (Å²) >= 11 is 0. The molecule has 0 radical (unpaired) electrons. The van der Waals surface area contributed by atoms with Gasteiger partial charge in [0.15, 0.2) is 0 Å². The predicted molar refractivity (Wildman–Crippen MR) is 201 cm³/mol. The van der Waals surface area contributed by atoms with E-state index >= 15 is 0 Å². The lowest BCUT2D eigenvalue weighted by atomic mass is 9.86. The van der Waals surface area contributed by atoms with Crippen LogP contribution in [-0.4, -0.2) is 37.7 Å². The Morgan fingerprint density at radius 1 is 0.531 bits per heavy atom. The molecule has 286 valence electrons. The molecule has 3 atom stereocenters. The average molecular weight is 691 g/mol. The van der Waals surface area contributed by atoms with Crippen LogP contribution in [0.5, 0.6) is 0 Å². The minimum atomic E-state index is -0.315. The Morgan fingerprint density at radius 3 is 1.41 bits per heavy atom. The van der Waals surface area contributed by atoms with Crippen molar-refractivity contribution in [3.8, 4) is 0 Å². The van der Waals surface area contributed by atoms with E-state index < -0.39 is 0 Å². The Bertz CT molecular complexity index is 955. The Kier molecular flexibility index (Phi) is 19.3. The van der Waals surface area contributed by atoms with Gasteiger partial charge in [0, 0.05) is 0 Å². The van der Waals surface area contributed by atoms with Crippen LogP contribution in [0.4, 0.5) is 0 Å². The van der Waals surface area contributed by atoms with Gasteiger partial charge >= 0.3 is 17.9 Å². The van der Waals surface area contributed by atoms with Crippen LogP contribution in [0.25, 0.3) is 0 Å². The van der Waals surface area contributed by atoms with Gasteiger partial charge in [-0.25, -0.2) is 0 Å². The first-order valence-electron chi connectivity index (χ1n) is 20.7. The molecule has 0 N–H and O–H groups in total. The van der Waals surface area contributed by atoms with Crippen molar-refractivity contribution in [2.24, 2.45) is 45.8 Å². The van der Waals surface area contributed by atoms with Gasteiger partial charge in [0.1, 0.15) is 0 Å². The third-order valence-electron chi connectivity index (χ3n) is 12.8. The number of esters is 3. The Balaban J connectivity index is 0.000000255. The van der Waals surface area contributed by atoms with E-state index in [1.54, 1.807) is 0 Å². The molecule has 4 aliphatic rings. The fourth-order valence-electron chi connectivity index (χ4n) is 7.59. The fraction of sp³-hybridized carbons (Fsp3) is 0.930. The maximum atomic E-state index is 11.8. The summed E-state index contributed by atoms with van der Waals surface area (Å²) in [5.41, 5.74) is -0.935. The summed E-state index contributed by atoms with van der Waals surface area (Å²) < 4.78 is 16.2. The molecule has 0 heterocycles. The summed E-state index contributed by atoms with van der Waals surface area (Å²) in [7, 11) is 0. The van der Waals surface area contributed by atoms with E-state index in [2.05, 4.69) is 0 Å². The van der Waals surface area contributed by atoms with Crippen LogP contribution in [0.3, 0.4) is 0 Å². The molecule has 0 aromatic carbocycles. The molecular formula is C43H78O6. The first-order valence-corrected chi connectivity index (χ1v) is 20.7. The Morgan fingerprint density at radius 2 is 0.980 bits per heavy atom. The standard InChI is InChI=1S/C15H28O2.C14H24O2.C14H26O2/c1-4-15(2,3)14(16)17-12-8-11-13-9-6-5-7-10-13;1-4-14(2,3)13(15)16-9-12-8-10-5-6-11(12)7-10;1-4-14(2,3)13(15)16-11-10-12-8-6-5-7-9-12/h13H,4-12H2,1-3H3;10-12H,4-9H2,1-3H3;12H,4-11H2,1-3H3. The molecular weight excluding hydrogens is 612 g/mol. The molecule has 4 saturated carbocycles. The third-order valence-corrected chi connectivity index (χ3v) is 12.8. The normalized spacial score (nSPS) is 23.1. The highest BCUT2D eigenvalue weighted by atomic mass is 16.5. The first kappa shape index (κ1) is 43.6. The van der Waals surface area contributed by atoms with Crippen molar-refractivity contribution in [3.63, 3.8) is 0 Å². The number of carbonyl (C=O) groups is 3. The molecule has 0 amide bonds. The van der Waals surface area contributed by atoms with Crippen LogP contribution in [-0.2, 0) is 28.6 Å². The number of ether oxygens (including phenoxy) is 3. The van der Waals surface area contributed by atoms with Crippen LogP contribution in [0.2, 0.25) is 0 Å². The Hall–Kier alpha value is -1.59. The molecule has 49 heavy (non-hydrogen) atoms. The molecule has 4 fully saturated rings. The zero-order valence-electron chi connectivity index (χ0n) is 33.6. The van der Waals surface area contributed by atoms with Gasteiger partial charge in [-0.05, 0) is 129 Å². The van der Waals surface area contributed by atoms with Gasteiger partial charge in [0.25, 0.3) is 0 Å². The van der Waals surface area contributed by atoms with Gasteiger partial charge < -0.3 is 14.2 Å². The molecule has 0 aromatic rings. The van der Waals surface area contributed by atoms with Crippen molar-refractivity contribution in [1.82, 2.24) is 0 Å². The van der Waals surface area contributed by atoms with Gasteiger partial charge in [-0.1, -0.05) is 91.4 Å². The van der Waals surface area contributed by atoms with Crippen molar-refractivity contribution >= 4 is 17.9 Å². The largest absolute Gasteiger partial charge is 0.465 e. The number of carbonyl (C=O) groups excluding carboxylic acids is 3. The molecule has 0 aromatic heterocycles. The molecule has 6 nitrogen and oxygen atoms in total. The van der Waals surface area contributed by atoms with E-state index in [-0.39, 0.29) is 34.2 Å². The smallest absolute Gasteiger partial charge is 0.311 e. The second kappa shape index (κ2) is 21.7.